The topological polar surface area (TPSA) is 88.1 Å². The predicted molar refractivity (Wildman–Crippen MR) is 74.2 cm³/mol. The number of fused-ring (bicyclic) bond motifs is 1. The number of nitrogens with zero attached hydrogens (tertiary/aromatic N) is 4. The van der Waals surface area contributed by atoms with Crippen LogP contribution in [0.5, 0.6) is 0 Å². The molecule has 3 rings (SSSR count). The number of hydrogen-bond acceptors (Lipinski definition) is 6. The van der Waals surface area contributed by atoms with Crippen LogP contribution < -0.4 is 5.73 Å². The second-order valence-corrected chi connectivity index (χ2v) is 5.23. The molecule has 108 valence electrons. The SMILES string of the molecule is CC1OCC(CCn2cnc3c(Cl)nc(N)nc32)CO1. The summed E-state index contributed by atoms with van der Waals surface area (Å²) >= 11 is 5.99. The van der Waals surface area contributed by atoms with Crippen LogP contribution >= 0.6 is 11.6 Å². The van der Waals surface area contributed by atoms with Crippen LogP contribution in [0, 0.1) is 5.92 Å². The van der Waals surface area contributed by atoms with E-state index < -0.39 is 0 Å². The smallest absolute Gasteiger partial charge is 0.223 e. The molecule has 7 nitrogen and oxygen atoms in total. The zero-order valence-electron chi connectivity index (χ0n) is 11.1. The number of rotatable bonds is 3. The lowest BCUT2D eigenvalue weighted by atomic mass is 10.1. The minimum Gasteiger partial charge on any atom is -0.368 e. The van der Waals surface area contributed by atoms with Gasteiger partial charge < -0.3 is 19.8 Å². The number of aromatic nitrogens is 4. The molecule has 2 aromatic heterocycles. The summed E-state index contributed by atoms with van der Waals surface area (Å²) in [6.07, 6.45) is 2.52. The molecule has 1 saturated heterocycles. The van der Waals surface area contributed by atoms with Gasteiger partial charge in [0.1, 0.15) is 5.52 Å². The molecule has 0 unspecified atom stereocenters. The van der Waals surface area contributed by atoms with Crippen molar-refractivity contribution >= 4 is 28.7 Å². The fraction of sp³-hybridized carbons (Fsp3) is 0.583. The Hall–Kier alpha value is -1.44. The highest BCUT2D eigenvalue weighted by Gasteiger charge is 2.19. The van der Waals surface area contributed by atoms with Gasteiger partial charge in [-0.2, -0.15) is 9.97 Å². The standard InChI is InChI=1S/C12H16ClN5O2/c1-7-19-4-8(5-20-7)2-3-18-6-15-9-10(13)16-12(14)17-11(9)18/h6-8H,2-5H2,1H3,(H2,14,16,17). The van der Waals surface area contributed by atoms with Crippen molar-refractivity contribution < 1.29 is 9.47 Å². The third-order valence-corrected chi connectivity index (χ3v) is 3.61. The molecule has 1 aliphatic heterocycles. The van der Waals surface area contributed by atoms with E-state index in [-0.39, 0.29) is 17.4 Å². The number of halogens is 1. The van der Waals surface area contributed by atoms with Crippen molar-refractivity contribution in [3.05, 3.63) is 11.5 Å². The van der Waals surface area contributed by atoms with Crippen LogP contribution in [0.4, 0.5) is 5.95 Å². The van der Waals surface area contributed by atoms with Gasteiger partial charge in [-0.1, -0.05) is 11.6 Å². The Balaban J connectivity index is 1.72. The first kappa shape index (κ1) is 13.5. The van der Waals surface area contributed by atoms with Gasteiger partial charge in [0, 0.05) is 12.5 Å². The summed E-state index contributed by atoms with van der Waals surface area (Å²) < 4.78 is 12.9. The van der Waals surface area contributed by atoms with E-state index in [0.717, 1.165) is 13.0 Å². The molecular formula is C12H16ClN5O2. The second kappa shape index (κ2) is 5.51. The number of hydrogen-bond donors (Lipinski definition) is 1. The van der Waals surface area contributed by atoms with Crippen molar-refractivity contribution in [1.29, 1.82) is 0 Å². The molecule has 20 heavy (non-hydrogen) atoms. The highest BCUT2D eigenvalue weighted by atomic mass is 35.5. The zero-order valence-corrected chi connectivity index (χ0v) is 11.9. The monoisotopic (exact) mass is 297 g/mol. The Morgan fingerprint density at radius 3 is 2.90 bits per heavy atom. The summed E-state index contributed by atoms with van der Waals surface area (Å²) in [6, 6.07) is 0. The minimum atomic E-state index is -0.105. The molecule has 0 aromatic carbocycles. The second-order valence-electron chi connectivity index (χ2n) is 4.87. The molecule has 0 bridgehead atoms. The highest BCUT2D eigenvalue weighted by Crippen LogP contribution is 2.21. The van der Waals surface area contributed by atoms with E-state index in [9.17, 15) is 0 Å². The molecule has 2 aromatic rings. The normalized spacial score (nSPS) is 23.3. The molecule has 0 radical (unpaired) electrons. The van der Waals surface area contributed by atoms with Crippen LogP contribution in [0.2, 0.25) is 5.15 Å². The molecule has 3 heterocycles. The number of imidazole rings is 1. The summed E-state index contributed by atoms with van der Waals surface area (Å²) in [7, 11) is 0. The zero-order chi connectivity index (χ0) is 14.1. The Bertz CT molecular complexity index is 609. The predicted octanol–water partition coefficient (Wildman–Crippen LogP) is 1.46. The van der Waals surface area contributed by atoms with E-state index in [2.05, 4.69) is 15.0 Å². The van der Waals surface area contributed by atoms with E-state index in [4.69, 9.17) is 26.8 Å². The summed E-state index contributed by atoms with van der Waals surface area (Å²) in [4.78, 5) is 12.3. The molecule has 0 aliphatic carbocycles. The fourth-order valence-corrected chi connectivity index (χ4v) is 2.44. The highest BCUT2D eigenvalue weighted by molar-refractivity contribution is 6.33. The van der Waals surface area contributed by atoms with E-state index >= 15 is 0 Å². The van der Waals surface area contributed by atoms with Crippen molar-refractivity contribution in [3.8, 4) is 0 Å². The molecule has 2 N–H and O–H groups in total. The third-order valence-electron chi connectivity index (χ3n) is 3.35. The van der Waals surface area contributed by atoms with Crippen LogP contribution in [0.15, 0.2) is 6.33 Å². The quantitative estimate of drug-likeness (QED) is 0.863. The maximum atomic E-state index is 5.99. The van der Waals surface area contributed by atoms with Crippen molar-refractivity contribution in [2.24, 2.45) is 5.92 Å². The Labute approximate surface area is 121 Å². The van der Waals surface area contributed by atoms with Gasteiger partial charge >= 0.3 is 0 Å². The first-order valence-electron chi connectivity index (χ1n) is 6.50. The first-order valence-corrected chi connectivity index (χ1v) is 6.88. The number of nitrogens with two attached hydrogens (primary N) is 1. The van der Waals surface area contributed by atoms with Gasteiger partial charge in [0.2, 0.25) is 5.95 Å². The van der Waals surface area contributed by atoms with Gasteiger partial charge in [0.15, 0.2) is 17.1 Å². The van der Waals surface area contributed by atoms with Crippen LogP contribution in [-0.2, 0) is 16.0 Å². The van der Waals surface area contributed by atoms with Crippen molar-refractivity contribution in [3.63, 3.8) is 0 Å². The first-order chi connectivity index (χ1) is 9.63. The average Bonchev–Trinajstić information content (AvgIpc) is 2.81. The lowest BCUT2D eigenvalue weighted by molar-refractivity contribution is -0.191. The molecule has 8 heteroatoms. The summed E-state index contributed by atoms with van der Waals surface area (Å²) in [5, 5.41) is 0.282. The maximum Gasteiger partial charge on any atom is 0.223 e. The van der Waals surface area contributed by atoms with E-state index in [1.165, 1.54) is 0 Å². The summed E-state index contributed by atoms with van der Waals surface area (Å²) in [5.74, 6) is 0.528. The summed E-state index contributed by atoms with van der Waals surface area (Å²) in [6.45, 7) is 4.09. The molecule has 1 fully saturated rings. The molecule has 0 amide bonds. The Kier molecular flexibility index (Phi) is 3.73. The van der Waals surface area contributed by atoms with Gasteiger partial charge in [0.05, 0.1) is 19.5 Å². The fourth-order valence-electron chi connectivity index (χ4n) is 2.22. The van der Waals surface area contributed by atoms with Crippen LogP contribution in [0.3, 0.4) is 0 Å². The van der Waals surface area contributed by atoms with E-state index in [1.807, 2.05) is 11.5 Å². The van der Waals surface area contributed by atoms with Gasteiger partial charge in [-0.15, -0.1) is 0 Å². The largest absolute Gasteiger partial charge is 0.368 e. The van der Waals surface area contributed by atoms with Gasteiger partial charge in [-0.25, -0.2) is 4.98 Å². The van der Waals surface area contributed by atoms with Gasteiger partial charge in [-0.3, -0.25) is 0 Å². The molecular weight excluding hydrogens is 282 g/mol. The average molecular weight is 298 g/mol. The van der Waals surface area contributed by atoms with Crippen LogP contribution in [0.25, 0.3) is 11.2 Å². The minimum absolute atomic E-state index is 0.105. The Morgan fingerprint density at radius 2 is 2.15 bits per heavy atom. The number of anilines is 1. The molecule has 0 saturated carbocycles. The van der Waals surface area contributed by atoms with Gasteiger partial charge in [-0.05, 0) is 13.3 Å². The maximum absolute atomic E-state index is 5.99. The lowest BCUT2D eigenvalue weighted by Gasteiger charge is -2.27. The Morgan fingerprint density at radius 1 is 1.40 bits per heavy atom. The van der Waals surface area contributed by atoms with E-state index in [1.54, 1.807) is 6.33 Å². The van der Waals surface area contributed by atoms with Crippen molar-refractivity contribution in [2.45, 2.75) is 26.2 Å². The molecule has 0 spiro atoms. The van der Waals surface area contributed by atoms with Crippen molar-refractivity contribution in [1.82, 2.24) is 19.5 Å². The van der Waals surface area contributed by atoms with Crippen LogP contribution in [-0.4, -0.2) is 39.0 Å². The third kappa shape index (κ3) is 2.70. The number of aryl methyl sites for hydroxylation is 1. The van der Waals surface area contributed by atoms with Gasteiger partial charge in [0.25, 0.3) is 0 Å². The molecule has 1 aliphatic rings. The molecule has 0 atom stereocenters. The van der Waals surface area contributed by atoms with E-state index in [0.29, 0.717) is 30.3 Å². The van der Waals surface area contributed by atoms with Crippen LogP contribution in [0.1, 0.15) is 13.3 Å². The lowest BCUT2D eigenvalue weighted by Crippen LogP contribution is -2.30. The number of nitrogen functional groups attached to an aromatic ring is 1. The number of ether oxygens (including phenoxy) is 2. The van der Waals surface area contributed by atoms with Crippen molar-refractivity contribution in [2.75, 3.05) is 18.9 Å². The summed E-state index contributed by atoms with van der Waals surface area (Å²) in [5.41, 5.74) is 6.85.